The molecule has 0 spiro atoms. The van der Waals surface area contributed by atoms with E-state index < -0.39 is 0 Å². The van der Waals surface area contributed by atoms with E-state index in [9.17, 15) is 9.59 Å². The summed E-state index contributed by atoms with van der Waals surface area (Å²) in [7, 11) is 0. The van der Waals surface area contributed by atoms with Crippen molar-refractivity contribution in [1.29, 1.82) is 0 Å². The van der Waals surface area contributed by atoms with Crippen LogP contribution in [0.3, 0.4) is 0 Å². The van der Waals surface area contributed by atoms with Gasteiger partial charge in [-0.15, -0.1) is 0 Å². The molecule has 0 unspecified atom stereocenters. The Bertz CT molecular complexity index is 853. The summed E-state index contributed by atoms with van der Waals surface area (Å²) in [4.78, 5) is 24.2. The molecular weight excluding hydrogens is 841 g/mol. The quantitative estimate of drug-likeness (QED) is 0.0449. The van der Waals surface area contributed by atoms with E-state index in [-0.39, 0.29) is 11.9 Å². The Hall–Kier alpha value is -0.710. The highest BCUT2D eigenvalue weighted by Crippen LogP contribution is 2.19. The third-order valence-electron chi connectivity index (χ3n) is 14.4. The van der Waals surface area contributed by atoms with Crippen molar-refractivity contribution in [2.75, 3.05) is 24.7 Å². The van der Waals surface area contributed by atoms with Crippen LogP contribution in [0.1, 0.15) is 361 Å². The van der Waals surface area contributed by atoms with Crippen LogP contribution < -0.4 is 0 Å². The Kier molecular flexibility index (Phi) is 60.8. The maximum atomic E-state index is 12.1. The zero-order chi connectivity index (χ0) is 48.3. The minimum absolute atomic E-state index is 0.101. The summed E-state index contributed by atoms with van der Waals surface area (Å²) in [6.45, 7) is 5.70. The lowest BCUT2D eigenvalue weighted by Gasteiger charge is -2.06. The van der Waals surface area contributed by atoms with Crippen LogP contribution in [0.5, 0.6) is 0 Å². The maximum absolute atomic E-state index is 12.1. The monoisotopic (exact) mass is 963 g/mol. The molecule has 0 amide bonds. The maximum Gasteiger partial charge on any atom is 0.306 e. The number of unbranched alkanes of at least 4 members (excludes halogenated alkanes) is 50. The highest BCUT2D eigenvalue weighted by atomic mass is 32.2. The molecule has 0 aliphatic rings. The Morgan fingerprint density at radius 3 is 0.552 bits per heavy atom. The topological polar surface area (TPSA) is 52.6 Å². The van der Waals surface area contributed by atoms with Crippen LogP contribution in [0.2, 0.25) is 0 Å². The molecule has 0 bridgehead atoms. The number of carbonyl (C=O) groups excluding carboxylic acids is 2. The van der Waals surface area contributed by atoms with Crippen molar-refractivity contribution in [2.45, 2.75) is 361 Å². The van der Waals surface area contributed by atoms with Gasteiger partial charge in [-0.1, -0.05) is 335 Å². The molecule has 0 aromatic carbocycles. The fourth-order valence-electron chi connectivity index (χ4n) is 9.77. The summed E-state index contributed by atoms with van der Waals surface area (Å²) >= 11 is 1.65. The number of carbonyl (C=O) groups is 2. The van der Waals surface area contributed by atoms with Gasteiger partial charge < -0.3 is 9.47 Å². The van der Waals surface area contributed by atoms with Crippen molar-refractivity contribution in [1.82, 2.24) is 0 Å². The summed E-state index contributed by atoms with van der Waals surface area (Å²) in [5.74, 6) is 1.22. The van der Waals surface area contributed by atoms with Gasteiger partial charge in [-0.05, 0) is 12.8 Å². The largest absolute Gasteiger partial charge is 0.466 e. The number of thioether (sulfide) groups is 1. The molecule has 0 atom stereocenters. The van der Waals surface area contributed by atoms with Gasteiger partial charge in [0.2, 0.25) is 0 Å². The fourth-order valence-corrected chi connectivity index (χ4v) is 10.6. The Labute approximate surface area is 426 Å². The van der Waals surface area contributed by atoms with Crippen molar-refractivity contribution < 1.29 is 19.1 Å². The van der Waals surface area contributed by atoms with Gasteiger partial charge in [-0.25, -0.2) is 0 Å². The van der Waals surface area contributed by atoms with E-state index in [1.165, 1.54) is 308 Å². The lowest BCUT2D eigenvalue weighted by Crippen LogP contribution is -2.09. The third kappa shape index (κ3) is 61.4. The first-order chi connectivity index (χ1) is 33.2. The van der Waals surface area contributed by atoms with Crippen molar-refractivity contribution in [3.8, 4) is 0 Å². The number of esters is 2. The molecule has 5 heteroatoms. The molecular formula is C62H122O4S. The smallest absolute Gasteiger partial charge is 0.306 e. The average molecular weight is 964 g/mol. The summed E-state index contributed by atoms with van der Waals surface area (Å²) in [6, 6.07) is 0. The van der Waals surface area contributed by atoms with E-state index in [1.807, 2.05) is 0 Å². The first-order valence-electron chi connectivity index (χ1n) is 31.1. The molecule has 0 saturated heterocycles. The van der Waals surface area contributed by atoms with E-state index in [0.29, 0.717) is 37.6 Å². The molecule has 0 rings (SSSR count). The molecule has 0 N–H and O–H groups in total. The van der Waals surface area contributed by atoms with Crippen molar-refractivity contribution in [3.05, 3.63) is 0 Å². The zero-order valence-electron chi connectivity index (χ0n) is 46.1. The standard InChI is InChI=1S/C62H122O4S/c1-3-5-7-9-11-13-15-17-19-21-23-25-27-29-31-33-35-37-39-41-43-45-47-49-51-53-57-65-61(63)55-59-67-60-56-62(64)66-58-54-52-50-48-46-44-42-40-38-36-34-32-30-28-26-24-22-20-18-16-14-12-10-8-6-4-2/h3-60H2,1-2H3. The summed E-state index contributed by atoms with van der Waals surface area (Å²) in [5.41, 5.74) is 0. The van der Waals surface area contributed by atoms with Crippen LogP contribution in [-0.4, -0.2) is 36.7 Å². The highest BCUT2D eigenvalue weighted by molar-refractivity contribution is 7.99. The van der Waals surface area contributed by atoms with Crippen molar-refractivity contribution >= 4 is 23.7 Å². The number of ether oxygens (including phenoxy) is 2. The summed E-state index contributed by atoms with van der Waals surface area (Å²) in [5, 5.41) is 0. The second-order valence-corrected chi connectivity index (χ2v) is 22.5. The number of hydrogen-bond acceptors (Lipinski definition) is 5. The molecule has 0 saturated carbocycles. The van der Waals surface area contributed by atoms with Gasteiger partial charge in [0.05, 0.1) is 26.1 Å². The molecule has 0 aromatic rings. The minimum Gasteiger partial charge on any atom is -0.466 e. The van der Waals surface area contributed by atoms with Gasteiger partial charge in [0.1, 0.15) is 0 Å². The van der Waals surface area contributed by atoms with Crippen molar-refractivity contribution in [2.24, 2.45) is 0 Å². The SMILES string of the molecule is CCCCCCCCCCCCCCCCCCCCCCCCCCCCOC(=O)CCSCCC(=O)OCCCCCCCCCCCCCCCCCCCCCCCCCCCC. The lowest BCUT2D eigenvalue weighted by atomic mass is 10.0. The van der Waals surface area contributed by atoms with Gasteiger partial charge in [-0.2, -0.15) is 11.8 Å². The molecule has 0 heterocycles. The summed E-state index contributed by atoms with van der Waals surface area (Å²) < 4.78 is 10.9. The molecule has 0 aliphatic carbocycles. The predicted octanol–water partition coefficient (Wildman–Crippen LogP) is 21.9. The van der Waals surface area contributed by atoms with Gasteiger partial charge in [0.15, 0.2) is 0 Å². The Morgan fingerprint density at radius 1 is 0.239 bits per heavy atom. The van der Waals surface area contributed by atoms with Crippen LogP contribution in [-0.2, 0) is 19.1 Å². The average Bonchev–Trinajstić information content (AvgIpc) is 3.33. The van der Waals surface area contributed by atoms with E-state index in [1.54, 1.807) is 11.8 Å². The zero-order valence-corrected chi connectivity index (χ0v) is 46.9. The second-order valence-electron chi connectivity index (χ2n) is 21.2. The van der Waals surface area contributed by atoms with Crippen LogP contribution in [0.4, 0.5) is 0 Å². The molecule has 400 valence electrons. The minimum atomic E-state index is -0.101. The van der Waals surface area contributed by atoms with E-state index in [4.69, 9.17) is 9.47 Å². The molecule has 4 nitrogen and oxygen atoms in total. The normalized spacial score (nSPS) is 11.5. The summed E-state index contributed by atoms with van der Waals surface area (Å²) in [6.07, 6.45) is 73.5. The lowest BCUT2D eigenvalue weighted by molar-refractivity contribution is -0.144. The van der Waals surface area contributed by atoms with E-state index in [2.05, 4.69) is 13.8 Å². The molecule has 67 heavy (non-hydrogen) atoms. The van der Waals surface area contributed by atoms with Crippen LogP contribution in [0, 0.1) is 0 Å². The predicted molar refractivity (Wildman–Crippen MR) is 300 cm³/mol. The van der Waals surface area contributed by atoms with Crippen molar-refractivity contribution in [3.63, 3.8) is 0 Å². The van der Waals surface area contributed by atoms with Crippen LogP contribution in [0.25, 0.3) is 0 Å². The number of rotatable bonds is 60. The van der Waals surface area contributed by atoms with Gasteiger partial charge >= 0.3 is 11.9 Å². The van der Waals surface area contributed by atoms with Gasteiger partial charge in [0, 0.05) is 11.5 Å². The van der Waals surface area contributed by atoms with E-state index in [0.717, 1.165) is 25.7 Å². The first kappa shape index (κ1) is 66.3. The molecule has 0 radical (unpaired) electrons. The molecule has 0 aliphatic heterocycles. The van der Waals surface area contributed by atoms with Crippen LogP contribution >= 0.6 is 11.8 Å². The third-order valence-corrected chi connectivity index (χ3v) is 15.4. The Morgan fingerprint density at radius 2 is 0.388 bits per heavy atom. The Balaban J connectivity index is 3.22. The van der Waals surface area contributed by atoms with Gasteiger partial charge in [-0.3, -0.25) is 9.59 Å². The van der Waals surface area contributed by atoms with Crippen LogP contribution in [0.15, 0.2) is 0 Å². The van der Waals surface area contributed by atoms with E-state index >= 15 is 0 Å². The fraction of sp³-hybridized carbons (Fsp3) is 0.968. The molecule has 0 aromatic heterocycles. The highest BCUT2D eigenvalue weighted by Gasteiger charge is 2.06. The second kappa shape index (κ2) is 61.4. The number of hydrogen-bond donors (Lipinski definition) is 0. The molecule has 0 fully saturated rings. The van der Waals surface area contributed by atoms with Gasteiger partial charge in [0.25, 0.3) is 0 Å². The first-order valence-corrected chi connectivity index (χ1v) is 32.2.